The minimum absolute atomic E-state index is 0.0470. The van der Waals surface area contributed by atoms with Crippen LogP contribution < -0.4 is 15.3 Å². The molecule has 31 heavy (non-hydrogen) atoms. The molecule has 0 radical (unpaired) electrons. The molecule has 6 heteroatoms. The molecule has 5 rings (SSSR count). The van der Waals surface area contributed by atoms with Crippen molar-refractivity contribution in [1.29, 1.82) is 0 Å². The van der Waals surface area contributed by atoms with Crippen molar-refractivity contribution in [2.75, 3.05) is 37.7 Å². The Balaban J connectivity index is 1.24. The van der Waals surface area contributed by atoms with E-state index in [1.165, 1.54) is 5.69 Å². The number of fused-ring (bicyclic) bond motifs is 3. The molecule has 1 aliphatic rings. The maximum absolute atomic E-state index is 12.6. The molecular weight excluding hydrogens is 392 g/mol. The number of amides is 1. The normalized spacial score (nSPS) is 14.2. The van der Waals surface area contributed by atoms with E-state index in [4.69, 9.17) is 9.15 Å². The summed E-state index contributed by atoms with van der Waals surface area (Å²) in [6.45, 7) is 2.87. The standard InChI is InChI=1S/C25H22N2O4/c28-24(27-14-12-26(13-15-27)18-6-2-1-3-7-18)17-30-19-10-11-21-20-8-4-5-9-22(20)25(29)31-23(21)16-19/h1-11,16H,12-15,17H2. The summed E-state index contributed by atoms with van der Waals surface area (Å²) in [7, 11) is 0. The molecule has 1 amide bonds. The second-order valence-electron chi connectivity index (χ2n) is 7.59. The number of carbonyl (C=O) groups is 1. The quantitative estimate of drug-likeness (QED) is 0.377. The fourth-order valence-electron chi connectivity index (χ4n) is 4.04. The first-order valence-electron chi connectivity index (χ1n) is 10.4. The van der Waals surface area contributed by atoms with E-state index in [1.807, 2.05) is 47.4 Å². The summed E-state index contributed by atoms with van der Waals surface area (Å²) in [6.07, 6.45) is 0. The molecule has 3 aromatic carbocycles. The number of hydrogen-bond acceptors (Lipinski definition) is 5. The monoisotopic (exact) mass is 414 g/mol. The summed E-state index contributed by atoms with van der Waals surface area (Å²) in [6, 6.07) is 22.9. The van der Waals surface area contributed by atoms with Crippen LogP contribution in [0, 0.1) is 0 Å². The zero-order valence-corrected chi connectivity index (χ0v) is 17.0. The highest BCUT2D eigenvalue weighted by Crippen LogP contribution is 2.26. The number of carbonyl (C=O) groups excluding carboxylic acids is 1. The largest absolute Gasteiger partial charge is 0.484 e. The van der Waals surface area contributed by atoms with Crippen LogP contribution in [0.3, 0.4) is 0 Å². The Bertz CT molecular complexity index is 1290. The van der Waals surface area contributed by atoms with Gasteiger partial charge in [0.25, 0.3) is 5.91 Å². The summed E-state index contributed by atoms with van der Waals surface area (Å²) in [5.74, 6) is 0.454. The molecule has 0 unspecified atom stereocenters. The lowest BCUT2D eigenvalue weighted by Gasteiger charge is -2.36. The Morgan fingerprint density at radius 1 is 0.839 bits per heavy atom. The van der Waals surface area contributed by atoms with E-state index >= 15 is 0 Å². The highest BCUT2D eigenvalue weighted by Gasteiger charge is 2.21. The number of piperazine rings is 1. The summed E-state index contributed by atoms with van der Waals surface area (Å²) in [5, 5.41) is 2.23. The number of nitrogens with zero attached hydrogens (tertiary/aromatic N) is 2. The van der Waals surface area contributed by atoms with Crippen molar-refractivity contribution in [2.24, 2.45) is 0 Å². The predicted octanol–water partition coefficient (Wildman–Crippen LogP) is 3.67. The molecule has 0 N–H and O–H groups in total. The van der Waals surface area contributed by atoms with Gasteiger partial charge in [0.15, 0.2) is 6.61 Å². The van der Waals surface area contributed by atoms with E-state index < -0.39 is 0 Å². The van der Waals surface area contributed by atoms with Crippen molar-refractivity contribution >= 4 is 33.3 Å². The van der Waals surface area contributed by atoms with Gasteiger partial charge in [-0.1, -0.05) is 36.4 Å². The molecule has 1 fully saturated rings. The summed E-state index contributed by atoms with van der Waals surface area (Å²) in [5.41, 5.74) is 1.24. The fraction of sp³-hybridized carbons (Fsp3) is 0.200. The number of hydrogen-bond donors (Lipinski definition) is 0. The molecular formula is C25H22N2O4. The number of anilines is 1. The van der Waals surface area contributed by atoms with Crippen molar-refractivity contribution in [2.45, 2.75) is 0 Å². The number of para-hydroxylation sites is 1. The smallest absolute Gasteiger partial charge is 0.344 e. The Morgan fingerprint density at radius 2 is 1.55 bits per heavy atom. The molecule has 4 aromatic rings. The van der Waals surface area contributed by atoms with Gasteiger partial charge in [0.05, 0.1) is 5.39 Å². The topological polar surface area (TPSA) is 63.0 Å². The first kappa shape index (κ1) is 19.2. The molecule has 1 aromatic heterocycles. The summed E-state index contributed by atoms with van der Waals surface area (Å²) < 4.78 is 11.2. The number of benzene rings is 3. The predicted molar refractivity (Wildman–Crippen MR) is 121 cm³/mol. The van der Waals surface area contributed by atoms with Crippen LogP contribution in [0.25, 0.3) is 21.7 Å². The molecule has 0 aliphatic carbocycles. The van der Waals surface area contributed by atoms with Gasteiger partial charge in [-0.3, -0.25) is 4.79 Å². The Labute approximate surface area is 179 Å². The maximum atomic E-state index is 12.6. The Hall–Kier alpha value is -3.80. The molecule has 0 spiro atoms. The van der Waals surface area contributed by atoms with Crippen LogP contribution >= 0.6 is 0 Å². The van der Waals surface area contributed by atoms with Gasteiger partial charge in [-0.25, -0.2) is 4.79 Å². The van der Waals surface area contributed by atoms with Crippen molar-refractivity contribution in [3.8, 4) is 5.75 Å². The fourth-order valence-corrected chi connectivity index (χ4v) is 4.04. The van der Waals surface area contributed by atoms with Crippen molar-refractivity contribution < 1.29 is 13.9 Å². The molecule has 156 valence electrons. The lowest BCUT2D eigenvalue weighted by atomic mass is 10.1. The molecule has 0 bridgehead atoms. The molecule has 0 saturated carbocycles. The van der Waals surface area contributed by atoms with Crippen LogP contribution in [-0.4, -0.2) is 43.6 Å². The van der Waals surface area contributed by atoms with Gasteiger partial charge in [0.2, 0.25) is 0 Å². The molecule has 0 atom stereocenters. The molecule has 6 nitrogen and oxygen atoms in total. The third kappa shape index (κ3) is 3.84. The van der Waals surface area contributed by atoms with Gasteiger partial charge in [0, 0.05) is 43.3 Å². The molecule has 1 aliphatic heterocycles. The third-order valence-electron chi connectivity index (χ3n) is 5.71. The maximum Gasteiger partial charge on any atom is 0.344 e. The first-order valence-corrected chi connectivity index (χ1v) is 10.4. The van der Waals surface area contributed by atoms with E-state index in [0.717, 1.165) is 23.9 Å². The van der Waals surface area contributed by atoms with E-state index in [2.05, 4.69) is 17.0 Å². The lowest BCUT2D eigenvalue weighted by Crippen LogP contribution is -2.50. The average Bonchev–Trinajstić information content (AvgIpc) is 2.83. The molecule has 2 heterocycles. The van der Waals surface area contributed by atoms with Crippen LogP contribution in [0.2, 0.25) is 0 Å². The van der Waals surface area contributed by atoms with Crippen molar-refractivity contribution in [1.82, 2.24) is 4.90 Å². The van der Waals surface area contributed by atoms with Gasteiger partial charge in [-0.15, -0.1) is 0 Å². The van der Waals surface area contributed by atoms with Gasteiger partial charge in [-0.05, 0) is 35.7 Å². The minimum Gasteiger partial charge on any atom is -0.484 e. The average molecular weight is 414 g/mol. The number of ether oxygens (including phenoxy) is 1. The van der Waals surface area contributed by atoms with Crippen LogP contribution in [0.15, 0.2) is 82.0 Å². The Kier molecular flexibility index (Phi) is 5.04. The SMILES string of the molecule is O=C(COc1ccc2c(c1)oc(=O)c1ccccc12)N1CCN(c2ccccc2)CC1. The van der Waals surface area contributed by atoms with Gasteiger partial charge in [0.1, 0.15) is 11.3 Å². The highest BCUT2D eigenvalue weighted by atomic mass is 16.5. The van der Waals surface area contributed by atoms with Crippen LogP contribution in [0.4, 0.5) is 5.69 Å². The second-order valence-corrected chi connectivity index (χ2v) is 7.59. The van der Waals surface area contributed by atoms with Crippen LogP contribution in [0.5, 0.6) is 5.75 Å². The zero-order chi connectivity index (χ0) is 21.2. The van der Waals surface area contributed by atoms with Gasteiger partial charge >= 0.3 is 5.63 Å². The lowest BCUT2D eigenvalue weighted by molar-refractivity contribution is -0.133. The highest BCUT2D eigenvalue weighted by molar-refractivity contribution is 6.04. The van der Waals surface area contributed by atoms with Crippen LogP contribution in [0.1, 0.15) is 0 Å². The summed E-state index contributed by atoms with van der Waals surface area (Å²) in [4.78, 5) is 29.0. The van der Waals surface area contributed by atoms with E-state index in [0.29, 0.717) is 29.8 Å². The minimum atomic E-state index is -0.382. The second kappa shape index (κ2) is 8.14. The van der Waals surface area contributed by atoms with E-state index in [1.54, 1.807) is 18.2 Å². The van der Waals surface area contributed by atoms with Gasteiger partial charge in [-0.2, -0.15) is 0 Å². The summed E-state index contributed by atoms with van der Waals surface area (Å²) >= 11 is 0. The molecule has 1 saturated heterocycles. The van der Waals surface area contributed by atoms with Crippen molar-refractivity contribution in [3.63, 3.8) is 0 Å². The van der Waals surface area contributed by atoms with Crippen LogP contribution in [-0.2, 0) is 4.79 Å². The zero-order valence-electron chi connectivity index (χ0n) is 17.0. The van der Waals surface area contributed by atoms with E-state index in [9.17, 15) is 9.59 Å². The third-order valence-corrected chi connectivity index (χ3v) is 5.71. The first-order chi connectivity index (χ1) is 15.2. The van der Waals surface area contributed by atoms with Crippen molar-refractivity contribution in [3.05, 3.63) is 83.2 Å². The Morgan fingerprint density at radius 3 is 2.32 bits per heavy atom. The van der Waals surface area contributed by atoms with Gasteiger partial charge < -0.3 is 19.0 Å². The van der Waals surface area contributed by atoms with E-state index in [-0.39, 0.29) is 18.1 Å². The number of rotatable bonds is 4.